The number of halogens is 9. The van der Waals surface area contributed by atoms with Crippen molar-refractivity contribution in [2.45, 2.75) is 23.4 Å². The first kappa shape index (κ1) is 42.5. The Morgan fingerprint density at radius 2 is 1.17 bits per heavy atom. The minimum atomic E-state index is -5.08. The van der Waals surface area contributed by atoms with Gasteiger partial charge in [0.2, 0.25) is 0 Å². The molecule has 0 radical (unpaired) electrons. The number of carboxylic acid groups (broad SMARTS) is 3. The number of hydrogen-bond acceptors (Lipinski definition) is 10. The van der Waals surface area contributed by atoms with Crippen LogP contribution in [0.1, 0.15) is 0 Å². The summed E-state index contributed by atoms with van der Waals surface area (Å²) in [6.07, 6.45) is -8.73. The minimum Gasteiger partial charge on any atom is -0.475 e. The Kier molecular flexibility index (Phi) is 13.9. The van der Waals surface area contributed by atoms with E-state index in [9.17, 15) is 47.9 Å². The van der Waals surface area contributed by atoms with Crippen LogP contribution in [0.5, 0.6) is 0 Å². The van der Waals surface area contributed by atoms with Gasteiger partial charge in [-0.3, -0.25) is 5.10 Å². The highest BCUT2D eigenvalue weighted by molar-refractivity contribution is 7.90. The van der Waals surface area contributed by atoms with Gasteiger partial charge in [-0.15, -0.1) is 0 Å². The Morgan fingerprint density at radius 1 is 0.712 bits per heavy atom. The summed E-state index contributed by atoms with van der Waals surface area (Å²) in [5, 5.41) is 29.3. The molecule has 0 amide bonds. The number of aromatic amines is 1. The lowest BCUT2D eigenvalue weighted by Crippen LogP contribution is -2.46. The molecule has 0 unspecified atom stereocenters. The van der Waals surface area contributed by atoms with Crippen LogP contribution in [0.2, 0.25) is 0 Å². The third-order valence-corrected chi connectivity index (χ3v) is 7.51. The maximum atomic E-state index is 11.7. The highest BCUT2D eigenvalue weighted by Crippen LogP contribution is 2.30. The first-order chi connectivity index (χ1) is 23.8. The van der Waals surface area contributed by atoms with Crippen molar-refractivity contribution in [1.82, 2.24) is 20.2 Å². The quantitative estimate of drug-likeness (QED) is 0.209. The molecule has 284 valence electrons. The maximum absolute atomic E-state index is 11.7. The lowest BCUT2D eigenvalue weighted by atomic mass is 10.1. The number of carboxylic acids is 3. The van der Waals surface area contributed by atoms with Gasteiger partial charge in [0.05, 0.1) is 16.6 Å². The molecule has 1 aliphatic rings. The third kappa shape index (κ3) is 12.9. The second-order valence-corrected chi connectivity index (χ2v) is 12.1. The summed E-state index contributed by atoms with van der Waals surface area (Å²) in [6, 6.07) is 13.3. The van der Waals surface area contributed by atoms with Crippen LogP contribution < -0.4 is 9.80 Å². The van der Waals surface area contributed by atoms with Crippen molar-refractivity contribution in [3.8, 4) is 11.1 Å². The first-order valence-corrected chi connectivity index (χ1v) is 15.7. The fourth-order valence-electron chi connectivity index (χ4n) is 3.96. The Morgan fingerprint density at radius 3 is 1.58 bits per heavy atom. The van der Waals surface area contributed by atoms with E-state index in [1.165, 1.54) is 6.26 Å². The van der Waals surface area contributed by atoms with Crippen LogP contribution in [0, 0.1) is 0 Å². The summed E-state index contributed by atoms with van der Waals surface area (Å²) in [7, 11) is -3.18. The molecule has 0 bridgehead atoms. The Balaban J connectivity index is 0.000000365. The van der Waals surface area contributed by atoms with E-state index in [1.54, 1.807) is 24.7 Å². The monoisotopic (exact) mass is 776 g/mol. The molecule has 3 heterocycles. The van der Waals surface area contributed by atoms with E-state index in [2.05, 4.69) is 36.0 Å². The molecule has 52 heavy (non-hydrogen) atoms. The van der Waals surface area contributed by atoms with Crippen LogP contribution in [0.3, 0.4) is 0 Å². The highest BCUT2D eigenvalue weighted by atomic mass is 32.2. The average molecular weight is 777 g/mol. The van der Waals surface area contributed by atoms with E-state index in [4.69, 9.17) is 29.7 Å². The van der Waals surface area contributed by atoms with Gasteiger partial charge in [0.1, 0.15) is 12.1 Å². The number of aromatic nitrogens is 4. The molecule has 1 fully saturated rings. The second kappa shape index (κ2) is 17.0. The Hall–Kier alpha value is -5.68. The van der Waals surface area contributed by atoms with Gasteiger partial charge in [-0.25, -0.2) is 32.8 Å². The predicted octanol–water partition coefficient (Wildman–Crippen LogP) is 4.65. The van der Waals surface area contributed by atoms with E-state index in [-0.39, 0.29) is 0 Å². The molecule has 0 saturated carbocycles. The number of sulfone groups is 1. The normalized spacial score (nSPS) is 13.4. The zero-order chi connectivity index (χ0) is 39.7. The van der Waals surface area contributed by atoms with Crippen LogP contribution in [-0.4, -0.2) is 113 Å². The van der Waals surface area contributed by atoms with Crippen molar-refractivity contribution < 1.29 is 77.6 Å². The third-order valence-electron chi connectivity index (χ3n) is 6.38. The fraction of sp³-hybridized carbons (Fsp3) is 0.286. The lowest BCUT2D eigenvalue weighted by Gasteiger charge is -2.37. The summed E-state index contributed by atoms with van der Waals surface area (Å²) < 4.78 is 119. The number of piperazine rings is 1. The average Bonchev–Trinajstić information content (AvgIpc) is 3.59. The van der Waals surface area contributed by atoms with Crippen molar-refractivity contribution in [2.75, 3.05) is 42.2 Å². The number of aliphatic carboxylic acids is 3. The predicted molar refractivity (Wildman–Crippen MR) is 162 cm³/mol. The van der Waals surface area contributed by atoms with Crippen LogP contribution in [0.15, 0.2) is 66.1 Å². The van der Waals surface area contributed by atoms with Gasteiger partial charge in [-0.1, -0.05) is 6.07 Å². The molecule has 14 nitrogen and oxygen atoms in total. The molecular weight excluding hydrogens is 751 g/mol. The van der Waals surface area contributed by atoms with Crippen molar-refractivity contribution in [3.63, 3.8) is 0 Å². The molecule has 2 aromatic heterocycles. The number of anilines is 2. The van der Waals surface area contributed by atoms with E-state index < -0.39 is 46.3 Å². The second-order valence-electron chi connectivity index (χ2n) is 10.1. The van der Waals surface area contributed by atoms with Crippen LogP contribution in [0.4, 0.5) is 51.0 Å². The molecule has 1 aliphatic heterocycles. The van der Waals surface area contributed by atoms with Crippen molar-refractivity contribution in [2.24, 2.45) is 0 Å². The number of rotatable bonds is 4. The zero-order valence-electron chi connectivity index (χ0n) is 26.0. The molecule has 0 aliphatic carbocycles. The molecular formula is C28H25F9N6O8S. The number of nitrogens with zero attached hydrogens (tertiary/aromatic N) is 5. The molecule has 4 aromatic rings. The largest absolute Gasteiger partial charge is 0.490 e. The number of nitrogens with one attached hydrogen (secondary N) is 1. The molecule has 1 saturated heterocycles. The summed E-state index contributed by atoms with van der Waals surface area (Å²) in [5.41, 5.74) is 4.04. The van der Waals surface area contributed by atoms with Crippen LogP contribution in [-0.2, 0) is 24.2 Å². The number of hydrogen-bond donors (Lipinski definition) is 4. The van der Waals surface area contributed by atoms with Crippen molar-refractivity contribution >= 4 is 50.2 Å². The molecule has 2 aromatic carbocycles. The van der Waals surface area contributed by atoms with Gasteiger partial charge >= 0.3 is 36.4 Å². The van der Waals surface area contributed by atoms with E-state index in [0.29, 0.717) is 4.90 Å². The Labute approximate surface area is 286 Å². The Bertz CT molecular complexity index is 1870. The maximum Gasteiger partial charge on any atom is 0.490 e. The topological polar surface area (TPSA) is 207 Å². The minimum absolute atomic E-state index is 0.343. The van der Waals surface area contributed by atoms with E-state index >= 15 is 0 Å². The van der Waals surface area contributed by atoms with Gasteiger partial charge in [-0.05, 0) is 42.0 Å². The number of alkyl halides is 9. The number of carbonyl (C=O) groups is 3. The van der Waals surface area contributed by atoms with E-state index in [1.807, 2.05) is 30.5 Å². The van der Waals surface area contributed by atoms with Gasteiger partial charge in [0.15, 0.2) is 9.84 Å². The number of H-pyrrole nitrogens is 1. The summed E-state index contributed by atoms with van der Waals surface area (Å²) in [5.74, 6) is -7.34. The molecule has 0 spiro atoms. The lowest BCUT2D eigenvalue weighted by molar-refractivity contribution is -0.193. The zero-order valence-corrected chi connectivity index (χ0v) is 26.8. The molecule has 0 atom stereocenters. The SMILES string of the molecule is CS(=O)(=O)c1ccc(N2CCN(c3ncnc4ccc(-c5cn[nH]c5)cc34)CC2)cc1.O=C(O)C(F)(F)F.O=C(O)C(F)(F)F.O=C(O)C(F)(F)F. The summed E-state index contributed by atoms with van der Waals surface area (Å²) >= 11 is 0. The standard InChI is InChI=1S/C22H22N6O2S.3C2HF3O2/c1-31(29,30)19-5-3-18(4-6-19)27-8-10-28(11-9-27)22-20-12-16(17-13-25-26-14-17)2-7-21(20)23-15-24-22;3*3-2(4,5)1(6)7/h2-7,12-15H,8-11H2,1H3,(H,25,26);3*(H,6,7). The van der Waals surface area contributed by atoms with E-state index in [0.717, 1.165) is 59.7 Å². The van der Waals surface area contributed by atoms with Gasteiger partial charge in [-0.2, -0.15) is 44.6 Å². The summed E-state index contributed by atoms with van der Waals surface area (Å²) in [4.78, 5) is 40.6. The van der Waals surface area contributed by atoms with Gasteiger partial charge < -0.3 is 25.1 Å². The number of benzene rings is 2. The van der Waals surface area contributed by atoms with Crippen molar-refractivity contribution in [1.29, 1.82) is 0 Å². The smallest absolute Gasteiger partial charge is 0.475 e. The van der Waals surface area contributed by atoms with Gasteiger partial charge in [0.25, 0.3) is 0 Å². The van der Waals surface area contributed by atoms with Crippen LogP contribution in [0.25, 0.3) is 22.0 Å². The summed E-state index contributed by atoms with van der Waals surface area (Å²) in [6.45, 7) is 3.28. The van der Waals surface area contributed by atoms with Crippen LogP contribution >= 0.6 is 0 Å². The van der Waals surface area contributed by atoms with Gasteiger partial charge in [0, 0.05) is 55.3 Å². The van der Waals surface area contributed by atoms with Crippen molar-refractivity contribution in [3.05, 3.63) is 61.2 Å². The fourth-order valence-corrected chi connectivity index (χ4v) is 4.59. The molecule has 24 heteroatoms. The molecule has 4 N–H and O–H groups in total. The molecule has 5 rings (SSSR count). The highest BCUT2D eigenvalue weighted by Gasteiger charge is 2.39. The first-order valence-electron chi connectivity index (χ1n) is 13.8. The number of fused-ring (bicyclic) bond motifs is 1.